The van der Waals surface area contributed by atoms with Crippen LogP contribution >= 0.6 is 0 Å². The quantitative estimate of drug-likeness (QED) is 0.478. The van der Waals surface area contributed by atoms with Crippen LogP contribution in [0.15, 0.2) is 42.5 Å². The second kappa shape index (κ2) is 12.3. The van der Waals surface area contributed by atoms with Gasteiger partial charge in [0.2, 0.25) is 0 Å². The average Bonchev–Trinajstić information content (AvgIpc) is 2.72. The highest BCUT2D eigenvalue weighted by Gasteiger charge is 2.16. The molecule has 0 spiro atoms. The molecule has 0 unspecified atom stereocenters. The molecule has 0 atom stereocenters. The third kappa shape index (κ3) is 11.0. The van der Waals surface area contributed by atoms with Gasteiger partial charge in [-0.3, -0.25) is 0 Å². The van der Waals surface area contributed by atoms with E-state index in [2.05, 4.69) is 10.6 Å². The summed E-state index contributed by atoms with van der Waals surface area (Å²) in [5.41, 5.74) is 0.995. The van der Waals surface area contributed by atoms with Crippen LogP contribution in [0, 0.1) is 0 Å². The number of carbonyl (C=O) groups is 2. The molecule has 0 saturated heterocycles. The predicted molar refractivity (Wildman–Crippen MR) is 135 cm³/mol. The Bertz CT molecular complexity index is 975. The minimum absolute atomic E-state index is 0.425. The highest BCUT2D eigenvalue weighted by Crippen LogP contribution is 2.32. The number of ether oxygens (including phenoxy) is 4. The fraction of sp³-hybridized carbons (Fsp3) is 0.481. The fourth-order valence-corrected chi connectivity index (χ4v) is 3.05. The van der Waals surface area contributed by atoms with E-state index in [1.54, 1.807) is 7.11 Å². The van der Waals surface area contributed by atoms with Gasteiger partial charge in [0.05, 0.1) is 7.11 Å². The first kappa shape index (κ1) is 27.8. The van der Waals surface area contributed by atoms with Gasteiger partial charge < -0.3 is 29.6 Å². The molecule has 0 bridgehead atoms. The number of alkyl carbamates (subject to hydrolysis) is 2. The van der Waals surface area contributed by atoms with Crippen molar-refractivity contribution in [2.24, 2.45) is 0 Å². The van der Waals surface area contributed by atoms with E-state index in [0.717, 1.165) is 11.1 Å². The number of methoxy groups -OCH3 is 1. The number of nitrogens with one attached hydrogen (secondary N) is 2. The van der Waals surface area contributed by atoms with Crippen molar-refractivity contribution in [2.75, 3.05) is 20.2 Å². The smallest absolute Gasteiger partial charge is 0.407 e. The summed E-state index contributed by atoms with van der Waals surface area (Å²) in [5, 5.41) is 5.51. The van der Waals surface area contributed by atoms with Gasteiger partial charge in [-0.25, -0.2) is 9.59 Å². The minimum atomic E-state index is -0.532. The number of hydrogen-bond acceptors (Lipinski definition) is 6. The zero-order chi connectivity index (χ0) is 26.1. The molecule has 0 aliphatic heterocycles. The van der Waals surface area contributed by atoms with Gasteiger partial charge in [0.25, 0.3) is 0 Å². The molecule has 0 aliphatic carbocycles. The van der Waals surface area contributed by atoms with E-state index in [-0.39, 0.29) is 0 Å². The van der Waals surface area contributed by atoms with Crippen molar-refractivity contribution in [3.63, 3.8) is 0 Å². The third-order valence-corrected chi connectivity index (χ3v) is 4.54. The summed E-state index contributed by atoms with van der Waals surface area (Å²) >= 11 is 0. The number of benzene rings is 2. The summed E-state index contributed by atoms with van der Waals surface area (Å²) in [6.07, 6.45) is 0.418. The number of rotatable bonds is 9. The van der Waals surface area contributed by atoms with Crippen molar-refractivity contribution in [3.8, 4) is 17.2 Å². The summed E-state index contributed by atoms with van der Waals surface area (Å²) in [7, 11) is 1.59. The Morgan fingerprint density at radius 3 is 1.69 bits per heavy atom. The Balaban J connectivity index is 1.90. The van der Waals surface area contributed by atoms with Crippen molar-refractivity contribution in [1.82, 2.24) is 10.6 Å². The van der Waals surface area contributed by atoms with Gasteiger partial charge in [-0.1, -0.05) is 18.2 Å². The van der Waals surface area contributed by atoms with Crippen molar-refractivity contribution in [2.45, 2.75) is 65.6 Å². The minimum Gasteiger partial charge on any atom is -0.493 e. The van der Waals surface area contributed by atoms with Crippen LogP contribution in [0.5, 0.6) is 17.2 Å². The Morgan fingerprint density at radius 2 is 1.20 bits per heavy atom. The zero-order valence-electron chi connectivity index (χ0n) is 21.8. The highest BCUT2D eigenvalue weighted by atomic mass is 16.6. The largest absolute Gasteiger partial charge is 0.493 e. The third-order valence-electron chi connectivity index (χ3n) is 4.54. The van der Waals surface area contributed by atoms with E-state index >= 15 is 0 Å². The normalized spacial score (nSPS) is 11.4. The molecule has 35 heavy (non-hydrogen) atoms. The summed E-state index contributed by atoms with van der Waals surface area (Å²) in [6.45, 7) is 11.9. The summed E-state index contributed by atoms with van der Waals surface area (Å²) < 4.78 is 22.0. The molecule has 8 nitrogen and oxygen atoms in total. The Kier molecular flexibility index (Phi) is 9.80. The molecule has 192 valence electrons. The van der Waals surface area contributed by atoms with E-state index in [4.69, 9.17) is 18.9 Å². The van der Waals surface area contributed by atoms with Crippen LogP contribution in [-0.4, -0.2) is 43.6 Å². The molecule has 0 heterocycles. The lowest BCUT2D eigenvalue weighted by Gasteiger charge is -2.19. The molecule has 0 aromatic heterocycles. The number of amides is 2. The Morgan fingerprint density at radius 1 is 0.714 bits per heavy atom. The summed E-state index contributed by atoms with van der Waals surface area (Å²) in [5.74, 6) is 1.86. The highest BCUT2D eigenvalue weighted by molar-refractivity contribution is 5.68. The number of hydrogen-bond donors (Lipinski definition) is 2. The lowest BCUT2D eigenvalue weighted by molar-refractivity contribution is 0.0517. The molecule has 2 rings (SSSR count). The van der Waals surface area contributed by atoms with Crippen molar-refractivity contribution >= 4 is 12.2 Å². The molecule has 0 fully saturated rings. The molecular formula is C27H38N2O6. The average molecular weight is 487 g/mol. The van der Waals surface area contributed by atoms with E-state index in [0.29, 0.717) is 43.2 Å². The first-order valence-corrected chi connectivity index (χ1v) is 11.7. The fourth-order valence-electron chi connectivity index (χ4n) is 3.05. The van der Waals surface area contributed by atoms with Gasteiger partial charge in [-0.05, 0) is 89.8 Å². The van der Waals surface area contributed by atoms with Crippen LogP contribution in [0.25, 0.3) is 0 Å². The Labute approximate surface area is 208 Å². The topological polar surface area (TPSA) is 95.1 Å². The van der Waals surface area contributed by atoms with Crippen LogP contribution in [0.4, 0.5) is 9.59 Å². The van der Waals surface area contributed by atoms with E-state index in [9.17, 15) is 9.59 Å². The maximum atomic E-state index is 11.8. The van der Waals surface area contributed by atoms with Gasteiger partial charge in [-0.15, -0.1) is 0 Å². The van der Waals surface area contributed by atoms with Crippen molar-refractivity contribution in [1.29, 1.82) is 0 Å². The van der Waals surface area contributed by atoms with Gasteiger partial charge in [0.15, 0.2) is 11.5 Å². The zero-order valence-corrected chi connectivity index (χ0v) is 21.8. The second-order valence-electron chi connectivity index (χ2n) is 10.1. The lowest BCUT2D eigenvalue weighted by atomic mass is 10.1. The summed E-state index contributed by atoms with van der Waals surface area (Å²) in [6, 6.07) is 13.3. The van der Waals surface area contributed by atoms with Crippen LogP contribution in [0.3, 0.4) is 0 Å². The first-order chi connectivity index (χ1) is 16.3. The molecule has 2 aromatic carbocycles. The SMILES string of the molecule is COc1ccc(CCNC(=O)OC(C)(C)C)cc1Oc1ccc(CCNC(=O)OC(C)(C)C)cc1. The lowest BCUT2D eigenvalue weighted by Crippen LogP contribution is -2.33. The predicted octanol–water partition coefficient (Wildman–Crippen LogP) is 5.62. The monoisotopic (exact) mass is 486 g/mol. The van der Waals surface area contributed by atoms with Crippen LogP contribution < -0.4 is 20.1 Å². The molecule has 0 saturated carbocycles. The van der Waals surface area contributed by atoms with Gasteiger partial charge in [0.1, 0.15) is 17.0 Å². The van der Waals surface area contributed by atoms with Crippen LogP contribution in [0.1, 0.15) is 52.7 Å². The van der Waals surface area contributed by atoms with E-state index in [1.165, 1.54) is 0 Å². The van der Waals surface area contributed by atoms with Crippen LogP contribution in [-0.2, 0) is 22.3 Å². The molecule has 0 aliphatic rings. The standard InChI is InChI=1S/C27H38N2O6/c1-26(2,3)34-24(30)28-16-14-19-8-11-21(12-9-19)33-23-18-20(10-13-22(23)32-7)15-17-29-25(31)35-27(4,5)6/h8-13,18H,14-17H2,1-7H3,(H,28,30)(H,29,31). The first-order valence-electron chi connectivity index (χ1n) is 11.7. The van der Waals surface area contributed by atoms with Gasteiger partial charge in [0, 0.05) is 13.1 Å². The van der Waals surface area contributed by atoms with E-state index in [1.807, 2.05) is 84.0 Å². The van der Waals surface area contributed by atoms with E-state index < -0.39 is 23.4 Å². The molecule has 8 heteroatoms. The Hall–Kier alpha value is -3.42. The molecule has 2 aromatic rings. The molecular weight excluding hydrogens is 448 g/mol. The maximum absolute atomic E-state index is 11.8. The number of carbonyl (C=O) groups excluding carboxylic acids is 2. The maximum Gasteiger partial charge on any atom is 0.407 e. The molecule has 2 N–H and O–H groups in total. The summed E-state index contributed by atoms with van der Waals surface area (Å²) in [4.78, 5) is 23.6. The second-order valence-corrected chi connectivity index (χ2v) is 10.1. The van der Waals surface area contributed by atoms with Crippen molar-refractivity contribution < 1.29 is 28.5 Å². The molecule has 2 amide bonds. The van der Waals surface area contributed by atoms with Gasteiger partial charge >= 0.3 is 12.2 Å². The van der Waals surface area contributed by atoms with Gasteiger partial charge in [-0.2, -0.15) is 0 Å². The van der Waals surface area contributed by atoms with Crippen LogP contribution in [0.2, 0.25) is 0 Å². The molecule has 0 radical (unpaired) electrons. The van der Waals surface area contributed by atoms with Crippen molar-refractivity contribution in [3.05, 3.63) is 53.6 Å².